The lowest BCUT2D eigenvalue weighted by molar-refractivity contribution is 0.0770. The fourth-order valence-electron chi connectivity index (χ4n) is 2.22. The highest BCUT2D eigenvalue weighted by Crippen LogP contribution is 2.14. The van der Waals surface area contributed by atoms with E-state index in [9.17, 15) is 9.00 Å². The monoisotopic (exact) mass is 280 g/mol. The minimum atomic E-state index is -0.748. The first-order valence-corrected chi connectivity index (χ1v) is 8.08. The number of likely N-dealkylation sites (N-methyl/N-ethyl adjacent to an activating group) is 1. The molecule has 0 aliphatic carbocycles. The van der Waals surface area contributed by atoms with Gasteiger partial charge in [0.2, 0.25) is 0 Å². The maximum absolute atomic E-state index is 12.5. The van der Waals surface area contributed by atoms with Crippen LogP contribution in [0.3, 0.4) is 0 Å². The molecule has 0 aromatic heterocycles. The first-order valence-electron chi connectivity index (χ1n) is 6.59. The zero-order valence-corrected chi connectivity index (χ0v) is 12.0. The molecule has 2 rings (SSSR count). The van der Waals surface area contributed by atoms with Crippen molar-refractivity contribution in [3.63, 3.8) is 0 Å². The first-order chi connectivity index (χ1) is 9.22. The fraction of sp³-hybridized carbons (Fsp3) is 0.500. The average Bonchev–Trinajstić information content (AvgIpc) is 2.45. The van der Waals surface area contributed by atoms with Gasteiger partial charge < -0.3 is 10.2 Å². The summed E-state index contributed by atoms with van der Waals surface area (Å²) in [4.78, 5) is 14.3. The van der Waals surface area contributed by atoms with Gasteiger partial charge in [0.05, 0.1) is 0 Å². The molecule has 5 heteroatoms. The molecule has 1 N–H and O–H groups in total. The quantitative estimate of drug-likeness (QED) is 0.881. The van der Waals surface area contributed by atoms with Gasteiger partial charge in [-0.3, -0.25) is 9.00 Å². The second kappa shape index (κ2) is 6.82. The van der Waals surface area contributed by atoms with Gasteiger partial charge >= 0.3 is 0 Å². The highest BCUT2D eigenvalue weighted by molar-refractivity contribution is 7.85. The van der Waals surface area contributed by atoms with Gasteiger partial charge in [-0.15, -0.1) is 0 Å². The van der Waals surface area contributed by atoms with Crippen molar-refractivity contribution in [3.05, 3.63) is 35.4 Å². The Morgan fingerprint density at radius 1 is 1.32 bits per heavy atom. The van der Waals surface area contributed by atoms with Gasteiger partial charge in [0.1, 0.15) is 0 Å². The van der Waals surface area contributed by atoms with Crippen LogP contribution >= 0.6 is 0 Å². The Hall–Kier alpha value is -1.20. The van der Waals surface area contributed by atoms with E-state index in [-0.39, 0.29) is 5.91 Å². The Morgan fingerprint density at radius 2 is 2.00 bits per heavy atom. The van der Waals surface area contributed by atoms with Crippen LogP contribution < -0.4 is 5.32 Å². The predicted octanol–water partition coefficient (Wildman–Crippen LogP) is 0.653. The Morgan fingerprint density at radius 3 is 2.68 bits per heavy atom. The Kier molecular flexibility index (Phi) is 5.10. The summed E-state index contributed by atoms with van der Waals surface area (Å²) in [5, 5.41) is 3.10. The van der Waals surface area contributed by atoms with Gasteiger partial charge in [0.15, 0.2) is 0 Å². The maximum atomic E-state index is 12.5. The molecule has 4 nitrogen and oxygen atoms in total. The maximum Gasteiger partial charge on any atom is 0.254 e. The summed E-state index contributed by atoms with van der Waals surface area (Å²) in [6.07, 6.45) is 0.845. The predicted molar refractivity (Wildman–Crippen MR) is 77.9 cm³/mol. The van der Waals surface area contributed by atoms with Gasteiger partial charge in [0, 0.05) is 41.0 Å². The molecule has 0 saturated carbocycles. The lowest BCUT2D eigenvalue weighted by Gasteiger charge is -2.27. The molecule has 0 bridgehead atoms. The van der Waals surface area contributed by atoms with Crippen molar-refractivity contribution in [2.45, 2.75) is 6.42 Å². The standard InChI is InChI=1S/C14H20N2O2S/c1-15-7-6-12-4-2-3-5-13(12)14(17)16-8-10-19(18)11-9-16/h2-5,15H,6-11H2,1H3. The zero-order valence-electron chi connectivity index (χ0n) is 11.2. The lowest BCUT2D eigenvalue weighted by atomic mass is 10.0. The Labute approximate surface area is 116 Å². The Balaban J connectivity index is 2.11. The molecule has 0 spiro atoms. The van der Waals surface area contributed by atoms with Crippen molar-refractivity contribution in [1.82, 2.24) is 10.2 Å². The minimum absolute atomic E-state index is 0.0726. The molecule has 1 aromatic rings. The van der Waals surface area contributed by atoms with Crippen LogP contribution in [-0.4, -0.2) is 53.2 Å². The molecule has 1 saturated heterocycles. The summed E-state index contributed by atoms with van der Waals surface area (Å²) < 4.78 is 11.3. The van der Waals surface area contributed by atoms with Crippen LogP contribution in [0.2, 0.25) is 0 Å². The molecule has 1 heterocycles. The van der Waals surface area contributed by atoms with Crippen LogP contribution in [-0.2, 0) is 17.2 Å². The van der Waals surface area contributed by atoms with E-state index in [2.05, 4.69) is 5.32 Å². The van der Waals surface area contributed by atoms with E-state index < -0.39 is 10.8 Å². The molecule has 1 fully saturated rings. The van der Waals surface area contributed by atoms with E-state index >= 15 is 0 Å². The highest BCUT2D eigenvalue weighted by Gasteiger charge is 2.22. The molecule has 1 amide bonds. The molecule has 19 heavy (non-hydrogen) atoms. The number of amides is 1. The van der Waals surface area contributed by atoms with Crippen molar-refractivity contribution >= 4 is 16.7 Å². The first kappa shape index (κ1) is 14.2. The van der Waals surface area contributed by atoms with E-state index in [4.69, 9.17) is 0 Å². The molecular formula is C14H20N2O2S. The molecule has 1 aliphatic rings. The number of carbonyl (C=O) groups is 1. The highest BCUT2D eigenvalue weighted by atomic mass is 32.2. The molecule has 104 valence electrons. The number of benzene rings is 1. The third-order valence-electron chi connectivity index (χ3n) is 3.36. The smallest absolute Gasteiger partial charge is 0.254 e. The number of nitrogens with zero attached hydrogens (tertiary/aromatic N) is 1. The summed E-state index contributed by atoms with van der Waals surface area (Å²) in [6, 6.07) is 7.76. The van der Waals surface area contributed by atoms with Crippen molar-refractivity contribution in [2.24, 2.45) is 0 Å². The summed E-state index contributed by atoms with van der Waals surface area (Å²) in [7, 11) is 1.16. The van der Waals surface area contributed by atoms with Crippen molar-refractivity contribution in [2.75, 3.05) is 38.2 Å². The van der Waals surface area contributed by atoms with Crippen molar-refractivity contribution < 1.29 is 9.00 Å². The summed E-state index contributed by atoms with van der Waals surface area (Å²) in [6.45, 7) is 2.06. The topological polar surface area (TPSA) is 49.4 Å². The summed E-state index contributed by atoms with van der Waals surface area (Å²) in [5.41, 5.74) is 1.86. The van der Waals surface area contributed by atoms with Crippen LogP contribution in [0.4, 0.5) is 0 Å². The fourth-order valence-corrected chi connectivity index (χ4v) is 3.27. The van der Waals surface area contributed by atoms with Gasteiger partial charge in [-0.1, -0.05) is 18.2 Å². The Bertz CT molecular complexity index is 466. The lowest BCUT2D eigenvalue weighted by Crippen LogP contribution is -2.42. The van der Waals surface area contributed by atoms with Crippen LogP contribution in [0.25, 0.3) is 0 Å². The SMILES string of the molecule is CNCCc1ccccc1C(=O)N1CCS(=O)CC1. The molecule has 0 unspecified atom stereocenters. The molecule has 1 aromatic carbocycles. The van der Waals surface area contributed by atoms with E-state index in [0.717, 1.165) is 24.1 Å². The third kappa shape index (κ3) is 3.64. The van der Waals surface area contributed by atoms with Gasteiger partial charge in [0.25, 0.3) is 5.91 Å². The third-order valence-corrected chi connectivity index (χ3v) is 4.63. The van der Waals surface area contributed by atoms with E-state index in [1.165, 1.54) is 0 Å². The second-order valence-corrected chi connectivity index (χ2v) is 6.35. The van der Waals surface area contributed by atoms with E-state index in [0.29, 0.717) is 24.6 Å². The van der Waals surface area contributed by atoms with Crippen molar-refractivity contribution in [1.29, 1.82) is 0 Å². The van der Waals surface area contributed by atoms with Gasteiger partial charge in [-0.25, -0.2) is 0 Å². The normalized spacial score (nSPS) is 16.6. The molecule has 1 aliphatic heterocycles. The average molecular weight is 280 g/mol. The van der Waals surface area contributed by atoms with E-state index in [1.54, 1.807) is 0 Å². The number of nitrogens with one attached hydrogen (secondary N) is 1. The van der Waals surface area contributed by atoms with Crippen LogP contribution in [0.1, 0.15) is 15.9 Å². The van der Waals surface area contributed by atoms with Crippen molar-refractivity contribution in [3.8, 4) is 0 Å². The largest absolute Gasteiger partial charge is 0.337 e. The van der Waals surface area contributed by atoms with Crippen LogP contribution in [0.15, 0.2) is 24.3 Å². The number of rotatable bonds is 4. The second-order valence-electron chi connectivity index (χ2n) is 4.65. The molecule has 0 radical (unpaired) electrons. The number of carbonyl (C=O) groups excluding carboxylic acids is 1. The van der Waals surface area contributed by atoms with Gasteiger partial charge in [-0.2, -0.15) is 0 Å². The van der Waals surface area contributed by atoms with Gasteiger partial charge in [-0.05, 0) is 31.6 Å². The number of hydrogen-bond acceptors (Lipinski definition) is 3. The van der Waals surface area contributed by atoms with E-state index in [1.807, 2.05) is 36.2 Å². The van der Waals surface area contributed by atoms with Crippen LogP contribution in [0, 0.1) is 0 Å². The minimum Gasteiger partial charge on any atom is -0.337 e. The summed E-state index contributed by atoms with van der Waals surface area (Å²) >= 11 is 0. The summed E-state index contributed by atoms with van der Waals surface area (Å²) in [5.74, 6) is 1.28. The number of hydrogen-bond donors (Lipinski definition) is 1. The molecular weight excluding hydrogens is 260 g/mol. The van der Waals surface area contributed by atoms with Crippen LogP contribution in [0.5, 0.6) is 0 Å². The zero-order chi connectivity index (χ0) is 13.7. The molecule has 0 atom stereocenters.